The standard InChI is InChI=1S/C3H8O3.ClH.Cs/c4-1-3(6)2-5;;/h3-6H,1-2H2;1H;/q;;+1/p-1. The molecule has 0 aromatic rings. The Balaban J connectivity index is -0.000000125. The molecule has 0 radical (unpaired) electrons. The van der Waals surface area contributed by atoms with Crippen molar-refractivity contribution < 1.29 is 96.6 Å². The van der Waals surface area contributed by atoms with Crippen LogP contribution in [0, 0.1) is 0 Å². The summed E-state index contributed by atoms with van der Waals surface area (Å²) in [5.41, 5.74) is 0. The van der Waals surface area contributed by atoms with E-state index in [-0.39, 0.29) is 94.5 Å². The molecule has 0 atom stereocenters. The second kappa shape index (κ2) is 12.0. The summed E-state index contributed by atoms with van der Waals surface area (Å²) in [7, 11) is 0. The molecule has 5 heteroatoms. The van der Waals surface area contributed by atoms with E-state index in [1.54, 1.807) is 0 Å². The van der Waals surface area contributed by atoms with E-state index in [4.69, 9.17) is 15.3 Å². The Hall–Kier alpha value is 2.22. The molecule has 3 nitrogen and oxygen atoms in total. The van der Waals surface area contributed by atoms with Crippen molar-refractivity contribution in [2.75, 3.05) is 13.2 Å². The summed E-state index contributed by atoms with van der Waals surface area (Å²) in [4.78, 5) is 0. The maximum atomic E-state index is 8.17. The first kappa shape index (κ1) is 16.7. The van der Waals surface area contributed by atoms with Gasteiger partial charge in [0.25, 0.3) is 0 Å². The van der Waals surface area contributed by atoms with Gasteiger partial charge in [0.15, 0.2) is 0 Å². The molecule has 0 aliphatic carbocycles. The van der Waals surface area contributed by atoms with Gasteiger partial charge in [0.05, 0.1) is 13.2 Å². The first-order chi connectivity index (χ1) is 2.81. The monoisotopic (exact) mass is 260 g/mol. The molecule has 0 saturated carbocycles. The number of hydrogen-bond donors (Lipinski definition) is 3. The van der Waals surface area contributed by atoms with Gasteiger partial charge in [-0.3, -0.25) is 0 Å². The number of rotatable bonds is 2. The Morgan fingerprint density at radius 3 is 1.38 bits per heavy atom. The summed E-state index contributed by atoms with van der Waals surface area (Å²) in [5.74, 6) is 0. The predicted molar refractivity (Wildman–Crippen MR) is 20.2 cm³/mol. The molecular formula is C3H8ClCsO3. The largest absolute Gasteiger partial charge is 1.00 e. The maximum absolute atomic E-state index is 8.17. The summed E-state index contributed by atoms with van der Waals surface area (Å²) in [6.45, 7) is -0.729. The fraction of sp³-hybridized carbons (Fsp3) is 1.00. The van der Waals surface area contributed by atoms with Gasteiger partial charge >= 0.3 is 68.9 Å². The third-order valence-electron chi connectivity index (χ3n) is 0.421. The Morgan fingerprint density at radius 1 is 1.12 bits per heavy atom. The van der Waals surface area contributed by atoms with E-state index in [0.29, 0.717) is 0 Å². The van der Waals surface area contributed by atoms with Gasteiger partial charge in [0.2, 0.25) is 0 Å². The molecule has 0 bridgehead atoms. The number of aliphatic hydroxyl groups is 3. The Labute approximate surface area is 113 Å². The molecule has 0 spiro atoms. The van der Waals surface area contributed by atoms with Crippen LogP contribution in [-0.2, 0) is 0 Å². The molecular weight excluding hydrogens is 252 g/mol. The van der Waals surface area contributed by atoms with Crippen molar-refractivity contribution >= 4 is 0 Å². The minimum Gasteiger partial charge on any atom is -1.00 e. The van der Waals surface area contributed by atoms with E-state index in [1.807, 2.05) is 0 Å². The van der Waals surface area contributed by atoms with Crippen molar-refractivity contribution in [3.8, 4) is 0 Å². The van der Waals surface area contributed by atoms with Gasteiger partial charge in [-0.05, 0) is 0 Å². The van der Waals surface area contributed by atoms with Gasteiger partial charge in [0, 0.05) is 0 Å². The minimum absolute atomic E-state index is 0. The van der Waals surface area contributed by atoms with Crippen LogP contribution in [0.15, 0.2) is 0 Å². The van der Waals surface area contributed by atoms with E-state index < -0.39 is 6.10 Å². The van der Waals surface area contributed by atoms with Gasteiger partial charge in [-0.25, -0.2) is 0 Å². The van der Waals surface area contributed by atoms with E-state index in [9.17, 15) is 0 Å². The summed E-state index contributed by atoms with van der Waals surface area (Å²) >= 11 is 0. The molecule has 0 rings (SSSR count). The first-order valence-electron chi connectivity index (χ1n) is 1.71. The van der Waals surface area contributed by atoms with E-state index in [2.05, 4.69) is 0 Å². The SMILES string of the molecule is OCC(O)CO.[Cl-].[Cs+]. The van der Waals surface area contributed by atoms with E-state index in [0.717, 1.165) is 0 Å². The van der Waals surface area contributed by atoms with Gasteiger partial charge in [-0.1, -0.05) is 0 Å². The second-order valence-electron chi connectivity index (χ2n) is 1.02. The normalized spacial score (nSPS) is 7.50. The van der Waals surface area contributed by atoms with Crippen LogP contribution in [-0.4, -0.2) is 34.6 Å². The fourth-order valence-electron chi connectivity index (χ4n) is 0.0577. The van der Waals surface area contributed by atoms with Gasteiger partial charge in [-0.15, -0.1) is 0 Å². The van der Waals surface area contributed by atoms with Crippen molar-refractivity contribution in [1.29, 1.82) is 0 Å². The molecule has 0 aliphatic heterocycles. The van der Waals surface area contributed by atoms with Crippen LogP contribution in [0.3, 0.4) is 0 Å². The molecule has 3 N–H and O–H groups in total. The zero-order valence-corrected chi connectivity index (χ0v) is 11.7. The van der Waals surface area contributed by atoms with Crippen molar-refractivity contribution in [3.63, 3.8) is 0 Å². The molecule has 0 fully saturated rings. The fourth-order valence-corrected chi connectivity index (χ4v) is 0.0577. The Bertz CT molecular complexity index is 33.7. The zero-order chi connectivity index (χ0) is 4.99. The second-order valence-corrected chi connectivity index (χ2v) is 1.02. The van der Waals surface area contributed by atoms with Crippen LogP contribution in [0.5, 0.6) is 0 Å². The number of halogens is 1. The van der Waals surface area contributed by atoms with Crippen molar-refractivity contribution in [2.24, 2.45) is 0 Å². The molecule has 0 saturated heterocycles. The number of hydrogen-bond acceptors (Lipinski definition) is 3. The van der Waals surface area contributed by atoms with E-state index >= 15 is 0 Å². The van der Waals surface area contributed by atoms with Crippen LogP contribution in [0.2, 0.25) is 0 Å². The van der Waals surface area contributed by atoms with Crippen LogP contribution < -0.4 is 81.3 Å². The van der Waals surface area contributed by atoms with Gasteiger partial charge < -0.3 is 27.7 Å². The average Bonchev–Trinajstić information content (AvgIpc) is 1.65. The molecule has 0 aliphatic rings. The first-order valence-corrected chi connectivity index (χ1v) is 1.71. The van der Waals surface area contributed by atoms with Crippen molar-refractivity contribution in [2.45, 2.75) is 6.10 Å². The maximum Gasteiger partial charge on any atom is 1.00 e. The summed E-state index contributed by atoms with van der Waals surface area (Å²) < 4.78 is 0. The Morgan fingerprint density at radius 2 is 1.38 bits per heavy atom. The van der Waals surface area contributed by atoms with Gasteiger partial charge in [-0.2, -0.15) is 0 Å². The summed E-state index contributed by atoms with van der Waals surface area (Å²) in [6, 6.07) is 0. The van der Waals surface area contributed by atoms with E-state index in [1.165, 1.54) is 0 Å². The van der Waals surface area contributed by atoms with Crippen LogP contribution in [0.1, 0.15) is 0 Å². The number of aliphatic hydroxyl groups excluding tert-OH is 3. The van der Waals surface area contributed by atoms with Crippen molar-refractivity contribution in [3.05, 3.63) is 0 Å². The molecule has 0 heterocycles. The predicted octanol–water partition coefficient (Wildman–Crippen LogP) is -7.66. The summed E-state index contributed by atoms with van der Waals surface area (Å²) in [6.07, 6.45) is -0.954. The topological polar surface area (TPSA) is 60.7 Å². The third-order valence-corrected chi connectivity index (χ3v) is 0.421. The van der Waals surface area contributed by atoms with Crippen LogP contribution in [0.25, 0.3) is 0 Å². The zero-order valence-electron chi connectivity index (χ0n) is 4.71. The molecule has 0 amide bonds. The molecule has 0 unspecified atom stereocenters. The molecule has 0 aromatic carbocycles. The molecule has 0 aromatic heterocycles. The van der Waals surface area contributed by atoms with Crippen molar-refractivity contribution in [1.82, 2.24) is 0 Å². The average molecular weight is 260 g/mol. The van der Waals surface area contributed by atoms with Gasteiger partial charge in [0.1, 0.15) is 6.10 Å². The van der Waals surface area contributed by atoms with Crippen LogP contribution in [0.4, 0.5) is 0 Å². The molecule has 46 valence electrons. The van der Waals surface area contributed by atoms with Crippen LogP contribution >= 0.6 is 0 Å². The quantitative estimate of drug-likeness (QED) is 0.462. The Kier molecular flexibility index (Phi) is 24.9. The minimum atomic E-state index is -0.954. The summed E-state index contributed by atoms with van der Waals surface area (Å²) in [5, 5.41) is 24.0. The smallest absolute Gasteiger partial charge is 1.00 e. The third kappa shape index (κ3) is 11.1. The molecule has 8 heavy (non-hydrogen) atoms.